The smallest absolute Gasteiger partial charge is 0.251 e. The van der Waals surface area contributed by atoms with Crippen LogP contribution in [0.4, 0.5) is 0 Å². The molecule has 1 saturated carbocycles. The second kappa shape index (κ2) is 10.7. The molecular weight excluding hydrogens is 336 g/mol. The molecule has 1 heterocycles. The van der Waals surface area contributed by atoms with Crippen molar-refractivity contribution >= 4 is 5.91 Å². The first-order valence-electron chi connectivity index (χ1n) is 11.0. The zero-order valence-electron chi connectivity index (χ0n) is 16.9. The standard InChI is InChI=1S/C23H36N2O2/c1-2-3-17-27-21-13-11-19(12-14-21)23(26)24-22-10-6-5-9-20(22)18-25-15-7-4-8-16-25/h11-14,20,22H,2-10,15-18H2,1H3,(H,24,26)/t20-,22?/m0/s1. The summed E-state index contributed by atoms with van der Waals surface area (Å²) in [4.78, 5) is 15.4. The first kappa shape index (κ1) is 20.2. The summed E-state index contributed by atoms with van der Waals surface area (Å²) in [6.07, 6.45) is 11.1. The average Bonchev–Trinajstić information content (AvgIpc) is 2.71. The van der Waals surface area contributed by atoms with Gasteiger partial charge in [-0.1, -0.05) is 32.6 Å². The van der Waals surface area contributed by atoms with E-state index in [4.69, 9.17) is 4.74 Å². The Morgan fingerprint density at radius 2 is 1.81 bits per heavy atom. The van der Waals surface area contributed by atoms with Gasteiger partial charge in [-0.15, -0.1) is 0 Å². The van der Waals surface area contributed by atoms with Crippen molar-refractivity contribution in [2.45, 2.75) is 70.8 Å². The molecule has 0 radical (unpaired) electrons. The van der Waals surface area contributed by atoms with Crippen LogP contribution in [0.25, 0.3) is 0 Å². The maximum absolute atomic E-state index is 12.8. The maximum Gasteiger partial charge on any atom is 0.251 e. The number of hydrogen-bond donors (Lipinski definition) is 1. The van der Waals surface area contributed by atoms with Gasteiger partial charge in [-0.3, -0.25) is 4.79 Å². The molecule has 0 spiro atoms. The molecule has 1 saturated heterocycles. The van der Waals surface area contributed by atoms with E-state index in [2.05, 4.69) is 17.1 Å². The Bertz CT molecular complexity index is 566. The summed E-state index contributed by atoms with van der Waals surface area (Å²) < 4.78 is 5.70. The molecule has 2 atom stereocenters. The van der Waals surface area contributed by atoms with Crippen LogP contribution in [-0.2, 0) is 0 Å². The van der Waals surface area contributed by atoms with Crippen molar-refractivity contribution in [3.63, 3.8) is 0 Å². The Kier molecular flexibility index (Phi) is 8.00. The molecule has 1 aliphatic carbocycles. The molecule has 0 aromatic heterocycles. The summed E-state index contributed by atoms with van der Waals surface area (Å²) in [5.41, 5.74) is 0.736. The van der Waals surface area contributed by atoms with E-state index in [1.165, 1.54) is 51.6 Å². The fourth-order valence-corrected chi connectivity index (χ4v) is 4.38. The van der Waals surface area contributed by atoms with Crippen LogP contribution in [0.5, 0.6) is 5.75 Å². The van der Waals surface area contributed by atoms with Crippen molar-refractivity contribution in [1.29, 1.82) is 0 Å². The summed E-state index contributed by atoms with van der Waals surface area (Å²) in [5, 5.41) is 3.34. The Labute approximate surface area is 164 Å². The molecule has 2 aliphatic rings. The summed E-state index contributed by atoms with van der Waals surface area (Å²) in [5.74, 6) is 1.50. The molecule has 4 heteroatoms. The van der Waals surface area contributed by atoms with Crippen molar-refractivity contribution in [1.82, 2.24) is 10.2 Å². The summed E-state index contributed by atoms with van der Waals surface area (Å²) in [6, 6.07) is 7.92. The Morgan fingerprint density at radius 1 is 1.07 bits per heavy atom. The molecule has 1 aromatic carbocycles. The van der Waals surface area contributed by atoms with Crippen LogP contribution in [0, 0.1) is 5.92 Å². The summed E-state index contributed by atoms with van der Waals surface area (Å²) in [6.45, 7) is 6.51. The molecule has 1 aromatic rings. The van der Waals surface area contributed by atoms with Gasteiger partial charge < -0.3 is 15.0 Å². The number of likely N-dealkylation sites (tertiary alicyclic amines) is 1. The normalized spacial score (nSPS) is 23.7. The van der Waals surface area contributed by atoms with Gasteiger partial charge in [0.05, 0.1) is 6.61 Å². The Balaban J connectivity index is 1.52. The van der Waals surface area contributed by atoms with Crippen LogP contribution in [0.1, 0.15) is 75.1 Å². The van der Waals surface area contributed by atoms with E-state index in [0.717, 1.165) is 43.7 Å². The van der Waals surface area contributed by atoms with Crippen molar-refractivity contribution < 1.29 is 9.53 Å². The van der Waals surface area contributed by atoms with E-state index >= 15 is 0 Å². The minimum atomic E-state index is 0.0608. The minimum Gasteiger partial charge on any atom is -0.494 e. The highest BCUT2D eigenvalue weighted by molar-refractivity contribution is 5.94. The second-order valence-electron chi connectivity index (χ2n) is 8.21. The van der Waals surface area contributed by atoms with Crippen molar-refractivity contribution in [2.24, 2.45) is 5.92 Å². The lowest BCUT2D eigenvalue weighted by Crippen LogP contribution is -2.47. The average molecular weight is 373 g/mol. The maximum atomic E-state index is 12.8. The lowest BCUT2D eigenvalue weighted by atomic mass is 9.83. The van der Waals surface area contributed by atoms with Gasteiger partial charge in [0.25, 0.3) is 5.91 Å². The number of piperidine rings is 1. The number of nitrogens with zero attached hydrogens (tertiary/aromatic N) is 1. The third-order valence-corrected chi connectivity index (χ3v) is 6.05. The molecule has 4 nitrogen and oxygen atoms in total. The zero-order valence-corrected chi connectivity index (χ0v) is 16.9. The van der Waals surface area contributed by atoms with Gasteiger partial charge in [0.2, 0.25) is 0 Å². The number of amides is 1. The number of unbranched alkanes of at least 4 members (excludes halogenated alkanes) is 1. The third kappa shape index (κ3) is 6.24. The van der Waals surface area contributed by atoms with Gasteiger partial charge >= 0.3 is 0 Å². The predicted molar refractivity (Wildman–Crippen MR) is 110 cm³/mol. The van der Waals surface area contributed by atoms with Gasteiger partial charge in [0.1, 0.15) is 5.75 Å². The van der Waals surface area contributed by atoms with Gasteiger partial charge in [-0.25, -0.2) is 0 Å². The van der Waals surface area contributed by atoms with E-state index in [1.807, 2.05) is 24.3 Å². The van der Waals surface area contributed by atoms with Crippen LogP contribution in [-0.4, -0.2) is 43.1 Å². The van der Waals surface area contributed by atoms with Crippen LogP contribution >= 0.6 is 0 Å². The van der Waals surface area contributed by atoms with Crippen molar-refractivity contribution in [3.05, 3.63) is 29.8 Å². The summed E-state index contributed by atoms with van der Waals surface area (Å²) >= 11 is 0. The molecule has 1 unspecified atom stereocenters. The van der Waals surface area contributed by atoms with Crippen LogP contribution in [0.15, 0.2) is 24.3 Å². The first-order valence-corrected chi connectivity index (χ1v) is 11.0. The number of carbonyl (C=O) groups excluding carboxylic acids is 1. The van der Waals surface area contributed by atoms with Gasteiger partial charge in [0.15, 0.2) is 0 Å². The molecule has 3 rings (SSSR count). The fourth-order valence-electron chi connectivity index (χ4n) is 4.38. The zero-order chi connectivity index (χ0) is 18.9. The van der Waals surface area contributed by atoms with Crippen molar-refractivity contribution in [3.8, 4) is 5.75 Å². The van der Waals surface area contributed by atoms with Crippen LogP contribution in [0.3, 0.4) is 0 Å². The minimum absolute atomic E-state index is 0.0608. The monoisotopic (exact) mass is 372 g/mol. The lowest BCUT2D eigenvalue weighted by Gasteiger charge is -2.37. The number of rotatable bonds is 8. The molecule has 0 bridgehead atoms. The highest BCUT2D eigenvalue weighted by Gasteiger charge is 2.28. The third-order valence-electron chi connectivity index (χ3n) is 6.05. The number of ether oxygens (including phenoxy) is 1. The SMILES string of the molecule is CCCCOc1ccc(C(=O)NC2CCCC[C@H]2CN2CCCCC2)cc1. The van der Waals surface area contributed by atoms with E-state index < -0.39 is 0 Å². The van der Waals surface area contributed by atoms with E-state index in [0.29, 0.717) is 12.0 Å². The number of nitrogens with one attached hydrogen (secondary N) is 1. The Morgan fingerprint density at radius 3 is 2.56 bits per heavy atom. The second-order valence-corrected chi connectivity index (χ2v) is 8.21. The van der Waals surface area contributed by atoms with Gasteiger partial charge in [-0.2, -0.15) is 0 Å². The molecule has 1 aliphatic heterocycles. The lowest BCUT2D eigenvalue weighted by molar-refractivity contribution is 0.0877. The van der Waals surface area contributed by atoms with E-state index in [9.17, 15) is 4.79 Å². The molecule has 150 valence electrons. The number of carbonyl (C=O) groups is 1. The van der Waals surface area contributed by atoms with Gasteiger partial charge in [0, 0.05) is 18.2 Å². The molecule has 2 fully saturated rings. The highest BCUT2D eigenvalue weighted by Crippen LogP contribution is 2.27. The molecule has 1 N–H and O–H groups in total. The van der Waals surface area contributed by atoms with Crippen LogP contribution in [0.2, 0.25) is 0 Å². The quantitative estimate of drug-likeness (QED) is 0.676. The topological polar surface area (TPSA) is 41.6 Å². The van der Waals surface area contributed by atoms with Gasteiger partial charge in [-0.05, 0) is 75.4 Å². The predicted octanol–water partition coefficient (Wildman–Crippen LogP) is 4.64. The number of benzene rings is 1. The summed E-state index contributed by atoms with van der Waals surface area (Å²) in [7, 11) is 0. The van der Waals surface area contributed by atoms with Crippen molar-refractivity contribution in [2.75, 3.05) is 26.2 Å². The Hall–Kier alpha value is -1.55. The van der Waals surface area contributed by atoms with Crippen LogP contribution < -0.4 is 10.1 Å². The molecule has 27 heavy (non-hydrogen) atoms. The molecular formula is C23H36N2O2. The molecule has 1 amide bonds. The first-order chi connectivity index (χ1) is 13.3. The number of hydrogen-bond acceptors (Lipinski definition) is 3. The fraction of sp³-hybridized carbons (Fsp3) is 0.696. The van der Waals surface area contributed by atoms with E-state index in [-0.39, 0.29) is 5.91 Å². The van der Waals surface area contributed by atoms with E-state index in [1.54, 1.807) is 0 Å². The largest absolute Gasteiger partial charge is 0.494 e. The highest BCUT2D eigenvalue weighted by atomic mass is 16.5.